The van der Waals surface area contributed by atoms with E-state index in [1.807, 2.05) is 94.4 Å². The number of carbonyl (C=O) groups excluding carboxylic acids is 4. The van der Waals surface area contributed by atoms with Gasteiger partial charge in [0.2, 0.25) is 23.6 Å². The zero-order valence-electron chi connectivity index (χ0n) is 29.3. The first-order chi connectivity index (χ1) is 23.8. The number of carboxylic acid groups (broad SMARTS) is 1. The van der Waals surface area contributed by atoms with Crippen LogP contribution in [0.15, 0.2) is 91.0 Å². The van der Waals surface area contributed by atoms with E-state index in [1.165, 1.54) is 0 Å². The van der Waals surface area contributed by atoms with Crippen molar-refractivity contribution < 1.29 is 29.1 Å². The third kappa shape index (κ3) is 13.5. The molecule has 5 atom stereocenters. The number of nitrogens with two attached hydrogens (primary N) is 1. The van der Waals surface area contributed by atoms with Crippen molar-refractivity contribution in [1.82, 2.24) is 21.3 Å². The SMILES string of the molecule is CC(C)C[C@@H](NC(=O)[C@H](Cc1ccccc1)NC(=O)[C@@H](CC(C)C)NC(=O)[C@@H](N)Cc1ccccc1)C(=O)N[C@@H](Cc1ccccc1)C(=O)O. The summed E-state index contributed by atoms with van der Waals surface area (Å²) in [6.45, 7) is 7.61. The third-order valence-electron chi connectivity index (χ3n) is 8.13. The van der Waals surface area contributed by atoms with Gasteiger partial charge in [-0.1, -0.05) is 119 Å². The van der Waals surface area contributed by atoms with Gasteiger partial charge in [0.15, 0.2) is 0 Å². The van der Waals surface area contributed by atoms with Crippen molar-refractivity contribution >= 4 is 29.6 Å². The van der Waals surface area contributed by atoms with Gasteiger partial charge in [-0.15, -0.1) is 0 Å². The number of nitrogens with one attached hydrogen (secondary N) is 4. The van der Waals surface area contributed by atoms with E-state index < -0.39 is 59.8 Å². The summed E-state index contributed by atoms with van der Waals surface area (Å²) in [6, 6.07) is 22.1. The summed E-state index contributed by atoms with van der Waals surface area (Å²) >= 11 is 0. The Labute approximate surface area is 294 Å². The Bertz CT molecular complexity index is 1530. The Morgan fingerprint density at radius 3 is 1.22 bits per heavy atom. The van der Waals surface area contributed by atoms with Crippen molar-refractivity contribution in [2.75, 3.05) is 0 Å². The van der Waals surface area contributed by atoms with E-state index in [-0.39, 0.29) is 37.5 Å². The lowest BCUT2D eigenvalue weighted by molar-refractivity contribution is -0.142. The predicted molar refractivity (Wildman–Crippen MR) is 193 cm³/mol. The van der Waals surface area contributed by atoms with E-state index in [1.54, 1.807) is 24.3 Å². The third-order valence-corrected chi connectivity index (χ3v) is 8.13. The molecule has 0 saturated heterocycles. The molecule has 3 aromatic rings. The minimum Gasteiger partial charge on any atom is -0.480 e. The number of aliphatic carboxylic acids is 1. The van der Waals surface area contributed by atoms with Crippen molar-refractivity contribution in [3.63, 3.8) is 0 Å². The van der Waals surface area contributed by atoms with Crippen molar-refractivity contribution in [1.29, 1.82) is 0 Å². The van der Waals surface area contributed by atoms with Gasteiger partial charge >= 0.3 is 5.97 Å². The summed E-state index contributed by atoms with van der Waals surface area (Å²) < 4.78 is 0. The zero-order valence-corrected chi connectivity index (χ0v) is 29.3. The molecule has 0 aliphatic carbocycles. The maximum absolute atomic E-state index is 13.9. The average molecular weight is 686 g/mol. The topological polar surface area (TPSA) is 180 Å². The molecule has 0 fully saturated rings. The molecule has 268 valence electrons. The van der Waals surface area contributed by atoms with E-state index in [2.05, 4.69) is 21.3 Å². The lowest BCUT2D eigenvalue weighted by atomic mass is 9.99. The van der Waals surface area contributed by atoms with Gasteiger partial charge in [-0.05, 0) is 47.8 Å². The molecule has 0 aliphatic heterocycles. The van der Waals surface area contributed by atoms with Gasteiger partial charge in [0, 0.05) is 12.8 Å². The molecule has 7 N–H and O–H groups in total. The highest BCUT2D eigenvalue weighted by Crippen LogP contribution is 2.12. The fourth-order valence-electron chi connectivity index (χ4n) is 5.57. The minimum atomic E-state index is -1.22. The monoisotopic (exact) mass is 685 g/mol. The van der Waals surface area contributed by atoms with Crippen molar-refractivity contribution in [2.24, 2.45) is 17.6 Å². The molecule has 50 heavy (non-hydrogen) atoms. The van der Waals surface area contributed by atoms with Crippen molar-refractivity contribution in [3.8, 4) is 0 Å². The fourth-order valence-corrected chi connectivity index (χ4v) is 5.57. The van der Waals surface area contributed by atoms with Gasteiger partial charge in [0.25, 0.3) is 0 Å². The van der Waals surface area contributed by atoms with Crippen LogP contribution in [-0.2, 0) is 43.2 Å². The van der Waals surface area contributed by atoms with Crippen LogP contribution in [0.2, 0.25) is 0 Å². The lowest BCUT2D eigenvalue weighted by Crippen LogP contribution is -2.59. The molecule has 3 rings (SSSR count). The minimum absolute atomic E-state index is 0.0231. The molecule has 0 unspecified atom stereocenters. The Balaban J connectivity index is 1.80. The Morgan fingerprint density at radius 1 is 0.500 bits per heavy atom. The molecule has 4 amide bonds. The van der Waals surface area contributed by atoms with Crippen LogP contribution in [0.5, 0.6) is 0 Å². The second kappa shape index (κ2) is 19.8. The number of hydrogen-bond donors (Lipinski definition) is 6. The number of carboxylic acids is 1. The summed E-state index contributed by atoms with van der Waals surface area (Å²) in [5.41, 5.74) is 8.60. The lowest BCUT2D eigenvalue weighted by Gasteiger charge is -2.27. The summed E-state index contributed by atoms with van der Waals surface area (Å²) in [6.07, 6.45) is 0.984. The normalized spacial score (nSPS) is 14.1. The maximum atomic E-state index is 13.9. The summed E-state index contributed by atoms with van der Waals surface area (Å²) in [4.78, 5) is 66.5. The second-order valence-electron chi connectivity index (χ2n) is 13.5. The van der Waals surface area contributed by atoms with Gasteiger partial charge in [-0.2, -0.15) is 0 Å². The van der Waals surface area contributed by atoms with E-state index in [9.17, 15) is 29.1 Å². The molecule has 0 aliphatic rings. The molecule has 11 heteroatoms. The number of rotatable bonds is 19. The zero-order chi connectivity index (χ0) is 36.6. The quantitative estimate of drug-likeness (QED) is 0.112. The molecule has 11 nitrogen and oxygen atoms in total. The smallest absolute Gasteiger partial charge is 0.326 e. The van der Waals surface area contributed by atoms with E-state index in [0.29, 0.717) is 6.42 Å². The molecule has 0 bridgehead atoms. The average Bonchev–Trinajstić information content (AvgIpc) is 3.07. The number of benzene rings is 3. The van der Waals surface area contributed by atoms with Crippen LogP contribution in [0.3, 0.4) is 0 Å². The van der Waals surface area contributed by atoms with Crippen LogP contribution >= 0.6 is 0 Å². The van der Waals surface area contributed by atoms with Gasteiger partial charge in [0.05, 0.1) is 6.04 Å². The number of hydrogen-bond acceptors (Lipinski definition) is 6. The van der Waals surface area contributed by atoms with E-state index in [0.717, 1.165) is 16.7 Å². The van der Waals surface area contributed by atoms with Gasteiger partial charge < -0.3 is 32.1 Å². The van der Waals surface area contributed by atoms with Crippen LogP contribution in [-0.4, -0.2) is 64.9 Å². The van der Waals surface area contributed by atoms with Crippen LogP contribution in [0, 0.1) is 11.8 Å². The summed E-state index contributed by atoms with van der Waals surface area (Å²) in [7, 11) is 0. The van der Waals surface area contributed by atoms with Gasteiger partial charge in [0.1, 0.15) is 24.2 Å². The molecule has 0 heterocycles. The summed E-state index contributed by atoms with van der Waals surface area (Å²) in [5, 5.41) is 20.9. The molecule has 0 saturated carbocycles. The highest BCUT2D eigenvalue weighted by atomic mass is 16.4. The molecule has 0 radical (unpaired) electrons. The molecule has 0 spiro atoms. The van der Waals surface area contributed by atoms with Crippen molar-refractivity contribution in [2.45, 2.75) is 90.0 Å². The first-order valence-electron chi connectivity index (χ1n) is 17.1. The number of carbonyl (C=O) groups is 5. The molecular formula is C39H51N5O6. The Kier molecular flexibility index (Phi) is 15.6. The van der Waals surface area contributed by atoms with Crippen LogP contribution in [0.25, 0.3) is 0 Å². The summed E-state index contributed by atoms with van der Waals surface area (Å²) in [5.74, 6) is -3.52. The highest BCUT2D eigenvalue weighted by molar-refractivity contribution is 5.95. The Morgan fingerprint density at radius 2 is 0.820 bits per heavy atom. The second-order valence-corrected chi connectivity index (χ2v) is 13.5. The first kappa shape index (κ1) is 39.4. The van der Waals surface area contributed by atoms with E-state index >= 15 is 0 Å². The molecule has 0 aromatic heterocycles. The maximum Gasteiger partial charge on any atom is 0.326 e. The number of amides is 4. The molecular weight excluding hydrogens is 634 g/mol. The first-order valence-corrected chi connectivity index (χ1v) is 17.1. The highest BCUT2D eigenvalue weighted by Gasteiger charge is 2.32. The van der Waals surface area contributed by atoms with Gasteiger partial charge in [-0.25, -0.2) is 4.79 Å². The predicted octanol–water partition coefficient (Wildman–Crippen LogP) is 3.16. The largest absolute Gasteiger partial charge is 0.480 e. The van der Waals surface area contributed by atoms with Crippen LogP contribution in [0.1, 0.15) is 57.2 Å². The van der Waals surface area contributed by atoms with Crippen molar-refractivity contribution in [3.05, 3.63) is 108 Å². The van der Waals surface area contributed by atoms with Crippen LogP contribution < -0.4 is 27.0 Å². The fraction of sp³-hybridized carbons (Fsp3) is 0.410. The van der Waals surface area contributed by atoms with Crippen LogP contribution in [0.4, 0.5) is 0 Å². The van der Waals surface area contributed by atoms with E-state index in [4.69, 9.17) is 5.73 Å². The Hall–Kier alpha value is -5.03. The van der Waals surface area contributed by atoms with Gasteiger partial charge in [-0.3, -0.25) is 19.2 Å². The molecule has 3 aromatic carbocycles. The standard InChI is InChI=1S/C39H51N5O6/c1-25(2)20-31(41-35(45)30(40)22-27-14-8-5-9-15-27)36(46)43-33(23-28-16-10-6-11-17-28)38(48)42-32(21-26(3)4)37(47)44-34(39(49)50)24-29-18-12-7-13-19-29/h5-19,25-26,30-34H,20-24,40H2,1-4H3,(H,41,45)(H,42,48)(H,43,46)(H,44,47)(H,49,50)/t30-,31+,32+,33-,34-/m0/s1.